The van der Waals surface area contributed by atoms with Gasteiger partial charge in [-0.2, -0.15) is 5.26 Å². The number of hydrogen-bond donors (Lipinski definition) is 0. The number of halogens is 1. The van der Waals surface area contributed by atoms with Crippen LogP contribution in [0.3, 0.4) is 0 Å². The average Bonchev–Trinajstić information content (AvgIpc) is 3.51. The lowest BCUT2D eigenvalue weighted by Crippen LogP contribution is -2.30. The molecule has 220 valence electrons. The van der Waals surface area contributed by atoms with E-state index >= 15 is 0 Å². The zero-order valence-corrected chi connectivity index (χ0v) is 25.8. The topological polar surface area (TPSA) is 81.0 Å². The quantitative estimate of drug-likeness (QED) is 0.150. The summed E-state index contributed by atoms with van der Waals surface area (Å²) in [7, 11) is 3.24. The summed E-state index contributed by atoms with van der Waals surface area (Å²) < 4.78 is 24.4. The van der Waals surface area contributed by atoms with Gasteiger partial charge in [-0.15, -0.1) is 0 Å². The van der Waals surface area contributed by atoms with Crippen LogP contribution in [0, 0.1) is 11.3 Å². The van der Waals surface area contributed by atoms with Crippen molar-refractivity contribution in [3.05, 3.63) is 106 Å². The molecule has 0 aliphatic carbocycles. The molecule has 8 heteroatoms. The zero-order valence-electron chi connectivity index (χ0n) is 24.2. The molecule has 0 radical (unpaired) electrons. The van der Waals surface area contributed by atoms with E-state index in [-0.39, 0.29) is 6.04 Å². The third-order valence-electron chi connectivity index (χ3n) is 7.60. The van der Waals surface area contributed by atoms with Crippen LogP contribution >= 0.6 is 15.9 Å². The van der Waals surface area contributed by atoms with Crippen molar-refractivity contribution in [2.45, 2.75) is 38.6 Å². The van der Waals surface area contributed by atoms with E-state index in [1.807, 2.05) is 72.8 Å². The predicted octanol–water partition coefficient (Wildman–Crippen LogP) is 7.33. The Balaban J connectivity index is 1.36. The molecule has 0 saturated carbocycles. The van der Waals surface area contributed by atoms with Crippen LogP contribution in [0.4, 0.5) is 0 Å². The Bertz CT molecular complexity index is 1630. The Morgan fingerprint density at radius 3 is 2.53 bits per heavy atom. The maximum Gasteiger partial charge on any atom is 0.161 e. The fourth-order valence-corrected chi connectivity index (χ4v) is 5.89. The number of likely N-dealkylation sites (tertiary alicyclic amines) is 1. The first-order valence-electron chi connectivity index (χ1n) is 14.1. The molecule has 1 atom stereocenters. The van der Waals surface area contributed by atoms with Crippen LogP contribution in [0.1, 0.15) is 35.1 Å². The molecule has 43 heavy (non-hydrogen) atoms. The summed E-state index contributed by atoms with van der Waals surface area (Å²) in [6.45, 7) is 2.12. The van der Waals surface area contributed by atoms with E-state index in [2.05, 4.69) is 26.9 Å². The van der Waals surface area contributed by atoms with Gasteiger partial charge in [-0.3, -0.25) is 4.90 Å². The monoisotopic (exact) mass is 640 g/mol. The molecule has 1 heterocycles. The Hall–Kier alpha value is -4.32. The van der Waals surface area contributed by atoms with Gasteiger partial charge in [-0.1, -0.05) is 42.5 Å². The lowest BCUT2D eigenvalue weighted by molar-refractivity contribution is -0.111. The normalized spacial score (nSPS) is 14.6. The minimum absolute atomic E-state index is 0.0774. The van der Waals surface area contributed by atoms with Crippen LogP contribution in [0.15, 0.2) is 83.3 Å². The van der Waals surface area contributed by atoms with E-state index < -0.39 is 0 Å². The summed E-state index contributed by atoms with van der Waals surface area (Å²) in [5, 5.41) is 9.28. The summed E-state index contributed by atoms with van der Waals surface area (Å²) in [6.07, 6.45) is 2.91. The third kappa shape index (κ3) is 7.19. The van der Waals surface area contributed by atoms with Crippen molar-refractivity contribution < 1.29 is 23.7 Å². The second-order valence-electron chi connectivity index (χ2n) is 10.3. The van der Waals surface area contributed by atoms with Crippen LogP contribution in [0.25, 0.3) is 11.1 Å². The molecule has 1 aliphatic heterocycles. The van der Waals surface area contributed by atoms with Gasteiger partial charge in [-0.25, -0.2) is 0 Å². The first-order chi connectivity index (χ1) is 21.0. The van der Waals surface area contributed by atoms with Gasteiger partial charge in [0.05, 0.1) is 31.9 Å². The lowest BCUT2D eigenvalue weighted by atomic mass is 10.0. The van der Waals surface area contributed by atoms with Crippen molar-refractivity contribution in [1.82, 2.24) is 4.90 Å². The SMILES string of the molecule is COc1ccc(-c2cccc(COc3ccc(CN4CCCC4C=O)c(OCc4cccc(C#N)c4)c3)c2Br)cc1OC. The highest BCUT2D eigenvalue weighted by molar-refractivity contribution is 9.10. The molecule has 0 aromatic heterocycles. The van der Waals surface area contributed by atoms with Gasteiger partial charge < -0.3 is 23.7 Å². The molecule has 1 aliphatic rings. The molecule has 0 bridgehead atoms. The second-order valence-corrected chi connectivity index (χ2v) is 11.1. The van der Waals surface area contributed by atoms with Crippen molar-refractivity contribution in [2.75, 3.05) is 20.8 Å². The van der Waals surface area contributed by atoms with Gasteiger partial charge in [-0.05, 0) is 82.3 Å². The van der Waals surface area contributed by atoms with Crippen molar-refractivity contribution >= 4 is 22.2 Å². The Labute approximate surface area is 260 Å². The number of carbonyl (C=O) groups is 1. The number of hydrogen-bond acceptors (Lipinski definition) is 7. The average molecular weight is 642 g/mol. The van der Waals surface area contributed by atoms with Crippen molar-refractivity contribution in [3.8, 4) is 40.2 Å². The first kappa shape index (κ1) is 30.1. The molecule has 1 saturated heterocycles. The molecular formula is C35H33BrN2O5. The van der Waals surface area contributed by atoms with E-state index in [0.717, 1.165) is 58.0 Å². The number of nitrogens with zero attached hydrogens (tertiary/aromatic N) is 2. The van der Waals surface area contributed by atoms with Crippen LogP contribution in [-0.2, 0) is 24.6 Å². The number of benzene rings is 4. The van der Waals surface area contributed by atoms with E-state index in [0.29, 0.717) is 48.3 Å². The Morgan fingerprint density at radius 1 is 0.907 bits per heavy atom. The highest BCUT2D eigenvalue weighted by Crippen LogP contribution is 2.37. The number of methoxy groups -OCH3 is 2. The Kier molecular flexibility index (Phi) is 9.98. The maximum atomic E-state index is 11.6. The van der Waals surface area contributed by atoms with Crippen LogP contribution in [0.5, 0.6) is 23.0 Å². The van der Waals surface area contributed by atoms with Crippen LogP contribution in [0.2, 0.25) is 0 Å². The van der Waals surface area contributed by atoms with Crippen molar-refractivity contribution in [3.63, 3.8) is 0 Å². The molecule has 1 unspecified atom stereocenters. The van der Waals surface area contributed by atoms with Gasteiger partial charge in [0.25, 0.3) is 0 Å². The van der Waals surface area contributed by atoms with E-state index in [4.69, 9.17) is 18.9 Å². The van der Waals surface area contributed by atoms with Crippen LogP contribution < -0.4 is 18.9 Å². The van der Waals surface area contributed by atoms with Gasteiger partial charge in [0, 0.05) is 28.2 Å². The fraction of sp³-hybridized carbons (Fsp3) is 0.257. The molecule has 1 fully saturated rings. The predicted molar refractivity (Wildman–Crippen MR) is 168 cm³/mol. The van der Waals surface area contributed by atoms with Gasteiger partial charge in [0.1, 0.15) is 31.0 Å². The lowest BCUT2D eigenvalue weighted by Gasteiger charge is -2.22. The highest BCUT2D eigenvalue weighted by atomic mass is 79.9. The summed E-state index contributed by atoms with van der Waals surface area (Å²) in [5.74, 6) is 2.69. The number of aldehydes is 1. The molecular weight excluding hydrogens is 608 g/mol. The zero-order chi connectivity index (χ0) is 30.2. The van der Waals surface area contributed by atoms with E-state index in [1.165, 1.54) is 0 Å². The summed E-state index contributed by atoms with van der Waals surface area (Å²) in [4.78, 5) is 13.8. The number of rotatable bonds is 12. The number of nitriles is 1. The molecule has 4 aromatic rings. The summed E-state index contributed by atoms with van der Waals surface area (Å²) >= 11 is 3.79. The van der Waals surface area contributed by atoms with E-state index in [9.17, 15) is 10.1 Å². The van der Waals surface area contributed by atoms with Crippen molar-refractivity contribution in [2.24, 2.45) is 0 Å². The van der Waals surface area contributed by atoms with Crippen LogP contribution in [-0.4, -0.2) is 38.0 Å². The Morgan fingerprint density at radius 2 is 1.74 bits per heavy atom. The van der Waals surface area contributed by atoms with Gasteiger partial charge >= 0.3 is 0 Å². The minimum atomic E-state index is -0.0774. The molecule has 7 nitrogen and oxygen atoms in total. The fourth-order valence-electron chi connectivity index (χ4n) is 5.28. The maximum absolute atomic E-state index is 11.6. The van der Waals surface area contributed by atoms with Gasteiger partial charge in [0.15, 0.2) is 11.5 Å². The molecule has 0 spiro atoms. The minimum Gasteiger partial charge on any atom is -0.493 e. The second kappa shape index (κ2) is 14.2. The largest absolute Gasteiger partial charge is 0.493 e. The summed E-state index contributed by atoms with van der Waals surface area (Å²) in [5.41, 5.74) is 5.45. The first-order valence-corrected chi connectivity index (χ1v) is 14.9. The molecule has 5 rings (SSSR count). The standard InChI is InChI=1S/C35H33BrN2O5/c1-40-32-14-12-26(17-34(32)41-2)31-10-4-8-28(35(31)36)23-42-30-13-11-27(20-38-15-5-9-29(38)21-39)33(18-30)43-22-25-7-3-6-24(16-25)19-37/h3-4,6-8,10-14,16-18,21,29H,5,9,15,20,22-23H2,1-2H3. The summed E-state index contributed by atoms with van der Waals surface area (Å²) in [6, 6.07) is 27.2. The smallest absolute Gasteiger partial charge is 0.161 e. The number of carbonyl (C=O) groups excluding carboxylic acids is 1. The molecule has 0 N–H and O–H groups in total. The van der Waals surface area contributed by atoms with Gasteiger partial charge in [0.2, 0.25) is 0 Å². The molecule has 4 aromatic carbocycles. The third-order valence-corrected chi connectivity index (χ3v) is 8.54. The molecule has 0 amide bonds. The number of ether oxygens (including phenoxy) is 4. The van der Waals surface area contributed by atoms with E-state index in [1.54, 1.807) is 20.3 Å². The highest BCUT2D eigenvalue weighted by Gasteiger charge is 2.25. The van der Waals surface area contributed by atoms with Crippen molar-refractivity contribution in [1.29, 1.82) is 5.26 Å².